The summed E-state index contributed by atoms with van der Waals surface area (Å²) in [5.74, 6) is 2.53. The van der Waals surface area contributed by atoms with E-state index in [1.165, 1.54) is 0 Å². The normalized spacial score (nSPS) is 10.8. The highest BCUT2D eigenvalue weighted by Crippen LogP contribution is 1.98. The van der Waals surface area contributed by atoms with Gasteiger partial charge in [-0.25, -0.2) is 0 Å². The van der Waals surface area contributed by atoms with Crippen molar-refractivity contribution in [3.63, 3.8) is 0 Å². The number of hydrogen-bond acceptors (Lipinski definition) is 2. The Hall–Kier alpha value is -1.01. The number of likely N-dealkylation sites (N-methyl/N-ethyl adjacent to an activating group) is 1. The van der Waals surface area contributed by atoms with Gasteiger partial charge in [0.15, 0.2) is 0 Å². The Labute approximate surface area is 86.9 Å². The third-order valence-electron chi connectivity index (χ3n) is 1.79. The lowest BCUT2D eigenvalue weighted by Crippen LogP contribution is -2.45. The minimum atomic E-state index is -0.0365. The minimum Gasteiger partial charge on any atom is -0.331 e. The number of rotatable bonds is 4. The Morgan fingerprint density at radius 3 is 2.43 bits per heavy atom. The van der Waals surface area contributed by atoms with Crippen molar-refractivity contribution in [2.24, 2.45) is 0 Å². The fraction of sp³-hybridized carbons (Fsp3) is 0.727. The van der Waals surface area contributed by atoms with Gasteiger partial charge < -0.3 is 10.2 Å². The standard InChI is InChI=1S/C11H20N2O/c1-6-8-13(7-2)10(14)9-12-11(3,4)5/h1,12H,7-9H2,2-5H3. The Morgan fingerprint density at radius 2 is 2.07 bits per heavy atom. The molecule has 0 aliphatic carbocycles. The van der Waals surface area contributed by atoms with Crippen LogP contribution in [0.5, 0.6) is 0 Å². The maximum atomic E-state index is 11.6. The molecule has 14 heavy (non-hydrogen) atoms. The molecule has 80 valence electrons. The van der Waals surface area contributed by atoms with Gasteiger partial charge in [-0.3, -0.25) is 4.79 Å². The van der Waals surface area contributed by atoms with E-state index in [2.05, 4.69) is 11.2 Å². The molecule has 3 nitrogen and oxygen atoms in total. The van der Waals surface area contributed by atoms with E-state index in [0.29, 0.717) is 19.6 Å². The smallest absolute Gasteiger partial charge is 0.237 e. The number of nitrogens with one attached hydrogen (secondary N) is 1. The molecular weight excluding hydrogens is 176 g/mol. The van der Waals surface area contributed by atoms with E-state index < -0.39 is 0 Å². The van der Waals surface area contributed by atoms with Gasteiger partial charge in [0.2, 0.25) is 5.91 Å². The fourth-order valence-corrected chi connectivity index (χ4v) is 0.939. The molecule has 0 aliphatic rings. The summed E-state index contributed by atoms with van der Waals surface area (Å²) in [4.78, 5) is 13.2. The third kappa shape index (κ3) is 5.60. The van der Waals surface area contributed by atoms with Gasteiger partial charge in [-0.05, 0) is 27.7 Å². The first-order chi connectivity index (χ1) is 6.40. The summed E-state index contributed by atoms with van der Waals surface area (Å²) in [7, 11) is 0. The maximum absolute atomic E-state index is 11.6. The zero-order chi connectivity index (χ0) is 11.2. The monoisotopic (exact) mass is 196 g/mol. The summed E-state index contributed by atoms with van der Waals surface area (Å²) in [6, 6.07) is 0. The Morgan fingerprint density at radius 1 is 1.50 bits per heavy atom. The summed E-state index contributed by atoms with van der Waals surface area (Å²) in [5.41, 5.74) is -0.0365. The van der Waals surface area contributed by atoms with Crippen LogP contribution in [0.3, 0.4) is 0 Å². The van der Waals surface area contributed by atoms with Gasteiger partial charge in [-0.2, -0.15) is 0 Å². The second-order valence-electron chi connectivity index (χ2n) is 4.22. The largest absolute Gasteiger partial charge is 0.331 e. The summed E-state index contributed by atoms with van der Waals surface area (Å²) in [6.07, 6.45) is 5.16. The molecule has 0 bridgehead atoms. The zero-order valence-electron chi connectivity index (χ0n) is 9.55. The van der Waals surface area contributed by atoms with Crippen molar-refractivity contribution < 1.29 is 4.79 Å². The van der Waals surface area contributed by atoms with E-state index >= 15 is 0 Å². The van der Waals surface area contributed by atoms with E-state index in [4.69, 9.17) is 6.42 Å². The highest BCUT2D eigenvalue weighted by molar-refractivity contribution is 5.78. The molecule has 0 radical (unpaired) electrons. The van der Waals surface area contributed by atoms with Crippen LogP contribution in [-0.2, 0) is 4.79 Å². The van der Waals surface area contributed by atoms with Crippen LogP contribution in [0.1, 0.15) is 27.7 Å². The predicted octanol–water partition coefficient (Wildman–Crippen LogP) is 0.856. The molecule has 0 fully saturated rings. The lowest BCUT2D eigenvalue weighted by atomic mass is 10.1. The topological polar surface area (TPSA) is 32.3 Å². The SMILES string of the molecule is C#CCN(CC)C(=O)CNC(C)(C)C. The molecule has 0 aromatic heterocycles. The number of nitrogens with zero attached hydrogens (tertiary/aromatic N) is 1. The van der Waals surface area contributed by atoms with E-state index in [9.17, 15) is 4.79 Å². The van der Waals surface area contributed by atoms with Gasteiger partial charge in [-0.15, -0.1) is 6.42 Å². The molecule has 0 rings (SSSR count). The van der Waals surface area contributed by atoms with Gasteiger partial charge in [0.1, 0.15) is 0 Å². The molecule has 0 saturated heterocycles. The lowest BCUT2D eigenvalue weighted by molar-refractivity contribution is -0.129. The van der Waals surface area contributed by atoms with Crippen molar-refractivity contribution >= 4 is 5.91 Å². The highest BCUT2D eigenvalue weighted by atomic mass is 16.2. The molecule has 3 heteroatoms. The molecule has 0 aliphatic heterocycles. The Bertz CT molecular complexity index is 222. The first-order valence-corrected chi connectivity index (χ1v) is 4.87. The maximum Gasteiger partial charge on any atom is 0.237 e. The quantitative estimate of drug-likeness (QED) is 0.676. The van der Waals surface area contributed by atoms with Gasteiger partial charge in [-0.1, -0.05) is 5.92 Å². The number of terminal acetylenes is 1. The highest BCUT2D eigenvalue weighted by Gasteiger charge is 2.14. The second-order valence-corrected chi connectivity index (χ2v) is 4.22. The molecule has 0 aromatic carbocycles. The van der Waals surface area contributed by atoms with E-state index in [0.717, 1.165) is 0 Å². The third-order valence-corrected chi connectivity index (χ3v) is 1.79. The van der Waals surface area contributed by atoms with Crippen LogP contribution in [0.25, 0.3) is 0 Å². The van der Waals surface area contributed by atoms with Crippen molar-refractivity contribution in [1.29, 1.82) is 0 Å². The first-order valence-electron chi connectivity index (χ1n) is 4.87. The number of hydrogen-bond donors (Lipinski definition) is 1. The van der Waals surface area contributed by atoms with Gasteiger partial charge in [0, 0.05) is 12.1 Å². The lowest BCUT2D eigenvalue weighted by Gasteiger charge is -2.23. The Balaban J connectivity index is 4.00. The number of carbonyl (C=O) groups excluding carboxylic acids is 1. The summed E-state index contributed by atoms with van der Waals surface area (Å²) in [6.45, 7) is 9.40. The van der Waals surface area contributed by atoms with Crippen LogP contribution in [0.4, 0.5) is 0 Å². The van der Waals surface area contributed by atoms with Crippen LogP contribution < -0.4 is 5.32 Å². The van der Waals surface area contributed by atoms with Gasteiger partial charge in [0.05, 0.1) is 13.1 Å². The average Bonchev–Trinajstić information content (AvgIpc) is 2.09. The summed E-state index contributed by atoms with van der Waals surface area (Å²) < 4.78 is 0. The van der Waals surface area contributed by atoms with Crippen LogP contribution >= 0.6 is 0 Å². The van der Waals surface area contributed by atoms with Crippen molar-refractivity contribution in [2.45, 2.75) is 33.2 Å². The fourth-order valence-electron chi connectivity index (χ4n) is 0.939. The molecule has 1 amide bonds. The van der Waals surface area contributed by atoms with Crippen LogP contribution in [0.2, 0.25) is 0 Å². The Kier molecular flexibility index (Phi) is 5.26. The van der Waals surface area contributed by atoms with Crippen molar-refractivity contribution in [3.8, 4) is 12.3 Å². The van der Waals surface area contributed by atoms with Crippen LogP contribution in [0, 0.1) is 12.3 Å². The van der Waals surface area contributed by atoms with Crippen LogP contribution in [-0.4, -0.2) is 36.0 Å². The van der Waals surface area contributed by atoms with Crippen molar-refractivity contribution in [1.82, 2.24) is 10.2 Å². The molecule has 0 unspecified atom stereocenters. The van der Waals surface area contributed by atoms with Crippen molar-refractivity contribution in [3.05, 3.63) is 0 Å². The van der Waals surface area contributed by atoms with Crippen LogP contribution in [0.15, 0.2) is 0 Å². The molecule has 0 spiro atoms. The van der Waals surface area contributed by atoms with E-state index in [1.54, 1.807) is 4.90 Å². The molecule has 0 aromatic rings. The summed E-state index contributed by atoms with van der Waals surface area (Å²) in [5, 5.41) is 3.14. The van der Waals surface area contributed by atoms with Crippen molar-refractivity contribution in [2.75, 3.05) is 19.6 Å². The molecule has 0 saturated carbocycles. The van der Waals surface area contributed by atoms with E-state index in [1.807, 2.05) is 27.7 Å². The number of amides is 1. The molecule has 1 N–H and O–H groups in total. The van der Waals surface area contributed by atoms with Gasteiger partial charge >= 0.3 is 0 Å². The zero-order valence-corrected chi connectivity index (χ0v) is 9.55. The average molecular weight is 196 g/mol. The minimum absolute atomic E-state index is 0.0365. The second kappa shape index (κ2) is 5.66. The molecular formula is C11H20N2O. The molecule has 0 heterocycles. The number of carbonyl (C=O) groups is 1. The summed E-state index contributed by atoms with van der Waals surface area (Å²) >= 11 is 0. The molecule has 0 atom stereocenters. The van der Waals surface area contributed by atoms with E-state index in [-0.39, 0.29) is 11.4 Å². The van der Waals surface area contributed by atoms with Gasteiger partial charge in [0.25, 0.3) is 0 Å². The predicted molar refractivity (Wildman–Crippen MR) is 58.8 cm³/mol. The first kappa shape index (κ1) is 13.0.